The zero-order valence-electron chi connectivity index (χ0n) is 12.5. The molecule has 0 aliphatic heterocycles. The largest absolute Gasteiger partial charge is 0.302 e. The third-order valence-corrected chi connectivity index (χ3v) is 4.63. The van der Waals surface area contributed by atoms with Gasteiger partial charge in [-0.15, -0.1) is 0 Å². The van der Waals surface area contributed by atoms with Crippen LogP contribution in [0.2, 0.25) is 5.02 Å². The third kappa shape index (κ3) is 3.40. The molecule has 0 radical (unpaired) electrons. The molecule has 1 aliphatic rings. The van der Waals surface area contributed by atoms with E-state index in [0.29, 0.717) is 11.6 Å². The number of carbonyl (C=O) groups is 1. The average Bonchev–Trinajstić information content (AvgIpc) is 2.34. The van der Waals surface area contributed by atoms with Crippen molar-refractivity contribution in [2.75, 3.05) is 34.2 Å². The first kappa shape index (κ1) is 15.5. The van der Waals surface area contributed by atoms with Gasteiger partial charge in [0.2, 0.25) is 0 Å². The summed E-state index contributed by atoms with van der Waals surface area (Å²) in [6.07, 6.45) is 3.73. The van der Waals surface area contributed by atoms with Crippen molar-refractivity contribution in [1.82, 2.24) is 9.80 Å². The van der Waals surface area contributed by atoms with Gasteiger partial charge >= 0.3 is 0 Å². The predicted octanol–water partition coefficient (Wildman–Crippen LogP) is 2.94. The van der Waals surface area contributed by atoms with E-state index in [2.05, 4.69) is 23.9 Å². The minimum Gasteiger partial charge on any atom is -0.302 e. The molecule has 0 spiro atoms. The molecule has 0 aromatic heterocycles. The van der Waals surface area contributed by atoms with E-state index in [0.717, 1.165) is 12.1 Å². The number of benzene rings is 1. The number of ketones is 1. The van der Waals surface area contributed by atoms with Gasteiger partial charge in [-0.2, -0.15) is 0 Å². The fourth-order valence-electron chi connectivity index (χ4n) is 2.86. The molecule has 1 aliphatic carbocycles. The lowest BCUT2D eigenvalue weighted by Gasteiger charge is -2.49. The summed E-state index contributed by atoms with van der Waals surface area (Å²) in [5.74, 6) is 0.150. The summed E-state index contributed by atoms with van der Waals surface area (Å²) < 4.78 is 0. The second-order valence-corrected chi connectivity index (χ2v) is 6.51. The van der Waals surface area contributed by atoms with Crippen LogP contribution < -0.4 is 0 Å². The van der Waals surface area contributed by atoms with Gasteiger partial charge in [-0.05, 0) is 64.7 Å². The van der Waals surface area contributed by atoms with E-state index in [4.69, 9.17) is 11.6 Å². The summed E-state index contributed by atoms with van der Waals surface area (Å²) in [4.78, 5) is 16.7. The standard InChI is InChI=1S/C16H23ClN2O/c1-18(2)16(9-4-10-16)12-19(3)11-15(20)13-5-7-14(17)8-6-13/h5-8H,4,9-12H2,1-3H3. The molecule has 1 fully saturated rings. The topological polar surface area (TPSA) is 23.6 Å². The van der Waals surface area contributed by atoms with Crippen molar-refractivity contribution in [3.8, 4) is 0 Å². The minimum absolute atomic E-state index is 0.150. The molecule has 2 rings (SSSR count). The number of hydrogen-bond donors (Lipinski definition) is 0. The fourth-order valence-corrected chi connectivity index (χ4v) is 2.99. The van der Waals surface area contributed by atoms with Crippen molar-refractivity contribution in [1.29, 1.82) is 0 Å². The molecule has 3 nitrogen and oxygen atoms in total. The molecule has 0 saturated heterocycles. The molecule has 4 heteroatoms. The van der Waals surface area contributed by atoms with E-state index >= 15 is 0 Å². The number of hydrogen-bond acceptors (Lipinski definition) is 3. The number of halogens is 1. The van der Waals surface area contributed by atoms with Crippen molar-refractivity contribution in [3.63, 3.8) is 0 Å². The number of rotatable bonds is 6. The lowest BCUT2D eigenvalue weighted by Crippen LogP contribution is -2.57. The Kier molecular flexibility index (Phi) is 4.84. The van der Waals surface area contributed by atoms with Gasteiger partial charge in [0, 0.05) is 22.7 Å². The molecule has 0 N–H and O–H groups in total. The smallest absolute Gasteiger partial charge is 0.176 e. The van der Waals surface area contributed by atoms with E-state index < -0.39 is 0 Å². The van der Waals surface area contributed by atoms with Gasteiger partial charge in [0.1, 0.15) is 0 Å². The van der Waals surface area contributed by atoms with E-state index in [1.165, 1.54) is 19.3 Å². The van der Waals surface area contributed by atoms with Crippen LogP contribution in [-0.4, -0.2) is 55.4 Å². The highest BCUT2D eigenvalue weighted by atomic mass is 35.5. The Morgan fingerprint density at radius 2 is 1.80 bits per heavy atom. The maximum absolute atomic E-state index is 12.2. The summed E-state index contributed by atoms with van der Waals surface area (Å²) in [7, 11) is 6.29. The van der Waals surface area contributed by atoms with Crippen LogP contribution in [0, 0.1) is 0 Å². The molecule has 1 aromatic carbocycles. The lowest BCUT2D eigenvalue weighted by molar-refractivity contribution is 0.0280. The quantitative estimate of drug-likeness (QED) is 0.754. The second-order valence-electron chi connectivity index (χ2n) is 6.07. The summed E-state index contributed by atoms with van der Waals surface area (Å²) in [6.45, 7) is 1.40. The number of Topliss-reactive ketones (excluding diaryl/α,β-unsaturated/α-hetero) is 1. The van der Waals surface area contributed by atoms with Crippen molar-refractivity contribution < 1.29 is 4.79 Å². The van der Waals surface area contributed by atoms with E-state index in [9.17, 15) is 4.79 Å². The second kappa shape index (κ2) is 6.25. The molecular formula is C16H23ClN2O. The molecule has 0 amide bonds. The van der Waals surface area contributed by atoms with Crippen LogP contribution in [0.5, 0.6) is 0 Å². The van der Waals surface area contributed by atoms with Gasteiger partial charge in [0.25, 0.3) is 0 Å². The Balaban J connectivity index is 1.92. The first-order valence-electron chi connectivity index (χ1n) is 7.08. The monoisotopic (exact) mass is 294 g/mol. The van der Waals surface area contributed by atoms with Gasteiger partial charge in [-0.1, -0.05) is 11.6 Å². The van der Waals surface area contributed by atoms with E-state index in [-0.39, 0.29) is 11.3 Å². The molecule has 0 atom stereocenters. The maximum atomic E-state index is 12.2. The van der Waals surface area contributed by atoms with Crippen molar-refractivity contribution in [3.05, 3.63) is 34.9 Å². The van der Waals surface area contributed by atoms with E-state index in [1.54, 1.807) is 24.3 Å². The Hall–Kier alpha value is -0.900. The summed E-state index contributed by atoms with van der Waals surface area (Å²) in [6, 6.07) is 7.12. The highest BCUT2D eigenvalue weighted by Crippen LogP contribution is 2.36. The Labute approximate surface area is 126 Å². The van der Waals surface area contributed by atoms with Crippen LogP contribution in [0.4, 0.5) is 0 Å². The van der Waals surface area contributed by atoms with Crippen molar-refractivity contribution >= 4 is 17.4 Å². The average molecular weight is 295 g/mol. The molecule has 1 saturated carbocycles. The number of nitrogens with zero attached hydrogens (tertiary/aromatic N) is 2. The first-order chi connectivity index (χ1) is 9.43. The maximum Gasteiger partial charge on any atom is 0.176 e. The number of likely N-dealkylation sites (N-methyl/N-ethyl adjacent to an activating group) is 2. The summed E-state index contributed by atoms with van der Waals surface area (Å²) in [5, 5.41) is 0.663. The zero-order chi connectivity index (χ0) is 14.8. The fraction of sp³-hybridized carbons (Fsp3) is 0.562. The summed E-state index contributed by atoms with van der Waals surface area (Å²) in [5.41, 5.74) is 0.989. The number of carbonyl (C=O) groups excluding carboxylic acids is 1. The van der Waals surface area contributed by atoms with Crippen LogP contribution in [0.1, 0.15) is 29.6 Å². The Bertz CT molecular complexity index is 466. The zero-order valence-corrected chi connectivity index (χ0v) is 13.3. The van der Waals surface area contributed by atoms with Crippen LogP contribution in [0.3, 0.4) is 0 Å². The van der Waals surface area contributed by atoms with Crippen molar-refractivity contribution in [2.45, 2.75) is 24.8 Å². The molecule has 0 unspecified atom stereocenters. The molecule has 0 heterocycles. The minimum atomic E-state index is 0.150. The van der Waals surface area contributed by atoms with E-state index in [1.807, 2.05) is 7.05 Å². The third-order valence-electron chi connectivity index (χ3n) is 4.38. The van der Waals surface area contributed by atoms with Crippen LogP contribution in [0.15, 0.2) is 24.3 Å². The molecule has 20 heavy (non-hydrogen) atoms. The highest BCUT2D eigenvalue weighted by molar-refractivity contribution is 6.30. The van der Waals surface area contributed by atoms with Crippen LogP contribution >= 0.6 is 11.6 Å². The van der Waals surface area contributed by atoms with Gasteiger partial charge < -0.3 is 4.90 Å². The normalized spacial score (nSPS) is 17.3. The lowest BCUT2D eigenvalue weighted by atomic mass is 9.75. The SMILES string of the molecule is CN(CC(=O)c1ccc(Cl)cc1)CC1(N(C)C)CCC1. The van der Waals surface area contributed by atoms with Gasteiger partial charge in [-0.25, -0.2) is 0 Å². The van der Waals surface area contributed by atoms with Crippen LogP contribution in [0.25, 0.3) is 0 Å². The van der Waals surface area contributed by atoms with Crippen LogP contribution in [-0.2, 0) is 0 Å². The Morgan fingerprint density at radius 3 is 2.25 bits per heavy atom. The molecule has 1 aromatic rings. The molecular weight excluding hydrogens is 272 g/mol. The molecule has 0 bridgehead atoms. The van der Waals surface area contributed by atoms with Crippen molar-refractivity contribution in [2.24, 2.45) is 0 Å². The predicted molar refractivity (Wildman–Crippen MR) is 83.5 cm³/mol. The molecule has 110 valence electrons. The van der Waals surface area contributed by atoms with Gasteiger partial charge in [0.15, 0.2) is 5.78 Å². The first-order valence-corrected chi connectivity index (χ1v) is 7.45. The van der Waals surface area contributed by atoms with Gasteiger partial charge in [0.05, 0.1) is 6.54 Å². The highest BCUT2D eigenvalue weighted by Gasteiger charge is 2.39. The van der Waals surface area contributed by atoms with Gasteiger partial charge in [-0.3, -0.25) is 9.69 Å². The Morgan fingerprint density at radius 1 is 1.20 bits per heavy atom. The summed E-state index contributed by atoms with van der Waals surface area (Å²) >= 11 is 5.84.